The van der Waals surface area contributed by atoms with Gasteiger partial charge in [0.2, 0.25) is 0 Å². The number of aliphatic hydroxyl groups is 1. The first kappa shape index (κ1) is 12.5. The Bertz CT molecular complexity index is 232. The molecule has 0 unspecified atom stereocenters. The third-order valence-electron chi connectivity index (χ3n) is 3.38. The lowest BCUT2D eigenvalue weighted by Crippen LogP contribution is -2.55. The van der Waals surface area contributed by atoms with Gasteiger partial charge in [0.05, 0.1) is 17.6 Å². The summed E-state index contributed by atoms with van der Waals surface area (Å²) in [6, 6.07) is 0. The number of hydrogen-bond acceptors (Lipinski definition) is 4. The van der Waals surface area contributed by atoms with E-state index in [1.54, 1.807) is 20.8 Å². The van der Waals surface area contributed by atoms with E-state index in [9.17, 15) is 9.90 Å². The Morgan fingerprint density at radius 2 is 2.00 bits per heavy atom. The number of hydrogen-bond donors (Lipinski definition) is 2. The summed E-state index contributed by atoms with van der Waals surface area (Å²) in [5.41, 5.74) is -1.77. The number of carbonyl (C=O) groups is 1. The molecule has 1 aliphatic heterocycles. The van der Waals surface area contributed by atoms with E-state index in [0.29, 0.717) is 19.4 Å². The maximum absolute atomic E-state index is 11.8. The van der Waals surface area contributed by atoms with Crippen LogP contribution < -0.4 is 5.32 Å². The van der Waals surface area contributed by atoms with E-state index >= 15 is 0 Å². The number of ether oxygens (including phenoxy) is 1. The lowest BCUT2D eigenvalue weighted by Gasteiger charge is -2.43. The molecular formula is C11H21NO3. The van der Waals surface area contributed by atoms with Crippen molar-refractivity contribution < 1.29 is 14.6 Å². The van der Waals surface area contributed by atoms with Crippen LogP contribution >= 0.6 is 0 Å². The van der Waals surface area contributed by atoms with E-state index in [-0.39, 0.29) is 5.97 Å². The summed E-state index contributed by atoms with van der Waals surface area (Å²) in [6.45, 7) is 7.16. The van der Waals surface area contributed by atoms with Crippen LogP contribution in [0.4, 0.5) is 0 Å². The topological polar surface area (TPSA) is 58.6 Å². The van der Waals surface area contributed by atoms with Crippen molar-refractivity contribution in [2.75, 3.05) is 19.7 Å². The zero-order chi connectivity index (χ0) is 11.5. The molecule has 1 rings (SSSR count). The van der Waals surface area contributed by atoms with Crippen LogP contribution in [0.15, 0.2) is 0 Å². The van der Waals surface area contributed by atoms with E-state index in [1.165, 1.54) is 0 Å². The number of carbonyl (C=O) groups excluding carboxylic acids is 1. The summed E-state index contributed by atoms with van der Waals surface area (Å²) in [4.78, 5) is 11.8. The first-order valence-corrected chi connectivity index (χ1v) is 5.54. The maximum atomic E-state index is 11.8. The summed E-state index contributed by atoms with van der Waals surface area (Å²) in [7, 11) is 0. The van der Waals surface area contributed by atoms with Gasteiger partial charge in [0.1, 0.15) is 0 Å². The second-order valence-electron chi connectivity index (χ2n) is 4.63. The van der Waals surface area contributed by atoms with Crippen molar-refractivity contribution in [3.8, 4) is 0 Å². The molecule has 88 valence electrons. The van der Waals surface area contributed by atoms with Gasteiger partial charge >= 0.3 is 5.97 Å². The highest BCUT2D eigenvalue weighted by Crippen LogP contribution is 2.38. The van der Waals surface area contributed by atoms with Gasteiger partial charge in [0.25, 0.3) is 0 Å². The van der Waals surface area contributed by atoms with Crippen LogP contribution in [0.1, 0.15) is 33.6 Å². The molecule has 1 heterocycles. The largest absolute Gasteiger partial charge is 0.465 e. The van der Waals surface area contributed by atoms with Crippen LogP contribution in [-0.4, -0.2) is 36.4 Å². The summed E-state index contributed by atoms with van der Waals surface area (Å²) < 4.78 is 5.01. The highest BCUT2D eigenvalue weighted by atomic mass is 16.5. The SMILES string of the molecule is CCOC(=O)C(C)(C)C1(O)CCNCC1. The molecule has 4 heteroatoms. The first-order chi connectivity index (χ1) is 6.94. The van der Waals surface area contributed by atoms with Crippen molar-refractivity contribution in [1.29, 1.82) is 0 Å². The standard InChI is InChI=1S/C11H21NO3/c1-4-15-9(13)10(2,3)11(14)5-7-12-8-6-11/h12,14H,4-8H2,1-3H3. The number of rotatable bonds is 3. The van der Waals surface area contributed by atoms with Crippen molar-refractivity contribution in [2.24, 2.45) is 5.41 Å². The highest BCUT2D eigenvalue weighted by molar-refractivity contribution is 5.77. The van der Waals surface area contributed by atoms with E-state index < -0.39 is 11.0 Å². The van der Waals surface area contributed by atoms with Crippen LogP contribution in [0.3, 0.4) is 0 Å². The van der Waals surface area contributed by atoms with Crippen molar-refractivity contribution in [2.45, 2.75) is 39.2 Å². The van der Waals surface area contributed by atoms with E-state index in [2.05, 4.69) is 5.32 Å². The molecule has 1 fully saturated rings. The predicted molar refractivity (Wildman–Crippen MR) is 57.5 cm³/mol. The number of esters is 1. The van der Waals surface area contributed by atoms with Crippen molar-refractivity contribution in [1.82, 2.24) is 5.32 Å². The fraction of sp³-hybridized carbons (Fsp3) is 0.909. The fourth-order valence-corrected chi connectivity index (χ4v) is 1.97. The molecule has 0 amide bonds. The zero-order valence-electron chi connectivity index (χ0n) is 9.80. The molecule has 0 spiro atoms. The molecule has 2 N–H and O–H groups in total. The van der Waals surface area contributed by atoms with Gasteiger partial charge in [-0.25, -0.2) is 0 Å². The molecule has 0 aromatic carbocycles. The Morgan fingerprint density at radius 3 is 2.47 bits per heavy atom. The van der Waals surface area contributed by atoms with E-state index in [1.807, 2.05) is 0 Å². The van der Waals surface area contributed by atoms with Crippen molar-refractivity contribution >= 4 is 5.97 Å². The fourth-order valence-electron chi connectivity index (χ4n) is 1.97. The zero-order valence-corrected chi connectivity index (χ0v) is 9.80. The predicted octanol–water partition coefficient (Wildman–Crippen LogP) is 0.690. The van der Waals surface area contributed by atoms with Crippen LogP contribution in [0, 0.1) is 5.41 Å². The monoisotopic (exact) mass is 215 g/mol. The molecule has 0 bridgehead atoms. The molecule has 0 saturated carbocycles. The van der Waals surface area contributed by atoms with Gasteiger partial charge in [-0.3, -0.25) is 4.79 Å². The molecule has 1 aliphatic rings. The minimum absolute atomic E-state index is 0.311. The number of nitrogens with one attached hydrogen (secondary N) is 1. The van der Waals surface area contributed by atoms with E-state index in [0.717, 1.165) is 13.1 Å². The molecule has 4 nitrogen and oxygen atoms in total. The molecule has 0 radical (unpaired) electrons. The Kier molecular flexibility index (Phi) is 3.73. The molecular weight excluding hydrogens is 194 g/mol. The first-order valence-electron chi connectivity index (χ1n) is 5.54. The maximum Gasteiger partial charge on any atom is 0.314 e. The second-order valence-corrected chi connectivity index (χ2v) is 4.63. The summed E-state index contributed by atoms with van der Waals surface area (Å²) in [6.07, 6.45) is 1.19. The van der Waals surface area contributed by atoms with Gasteiger partial charge in [-0.05, 0) is 46.7 Å². The summed E-state index contributed by atoms with van der Waals surface area (Å²) in [5.74, 6) is -0.311. The van der Waals surface area contributed by atoms with Crippen molar-refractivity contribution in [3.63, 3.8) is 0 Å². The molecule has 0 aromatic heterocycles. The van der Waals surface area contributed by atoms with Gasteiger partial charge in [0.15, 0.2) is 0 Å². The lowest BCUT2D eigenvalue weighted by atomic mass is 9.70. The molecule has 0 aromatic rings. The minimum atomic E-state index is -0.940. The summed E-state index contributed by atoms with van der Waals surface area (Å²) in [5, 5.41) is 13.6. The van der Waals surface area contributed by atoms with Crippen LogP contribution in [0.25, 0.3) is 0 Å². The van der Waals surface area contributed by atoms with Crippen molar-refractivity contribution in [3.05, 3.63) is 0 Å². The van der Waals surface area contributed by atoms with Crippen LogP contribution in [0.5, 0.6) is 0 Å². The summed E-state index contributed by atoms with van der Waals surface area (Å²) >= 11 is 0. The van der Waals surface area contributed by atoms with Crippen LogP contribution in [0.2, 0.25) is 0 Å². The average Bonchev–Trinajstić information content (AvgIpc) is 2.19. The second kappa shape index (κ2) is 4.49. The smallest absolute Gasteiger partial charge is 0.314 e. The highest BCUT2D eigenvalue weighted by Gasteiger charge is 2.49. The Morgan fingerprint density at radius 1 is 1.47 bits per heavy atom. The van der Waals surface area contributed by atoms with E-state index in [4.69, 9.17) is 4.74 Å². The van der Waals surface area contributed by atoms with Gasteiger partial charge in [-0.2, -0.15) is 0 Å². The average molecular weight is 215 g/mol. The third-order valence-corrected chi connectivity index (χ3v) is 3.38. The Balaban J connectivity index is 2.77. The van der Waals surface area contributed by atoms with Gasteiger partial charge in [-0.1, -0.05) is 0 Å². The molecule has 15 heavy (non-hydrogen) atoms. The Labute approximate surface area is 91.0 Å². The molecule has 1 saturated heterocycles. The molecule has 0 aliphatic carbocycles. The lowest BCUT2D eigenvalue weighted by molar-refractivity contribution is -0.174. The Hall–Kier alpha value is -0.610. The minimum Gasteiger partial charge on any atom is -0.465 e. The number of piperidine rings is 1. The quantitative estimate of drug-likeness (QED) is 0.680. The van der Waals surface area contributed by atoms with Crippen LogP contribution in [-0.2, 0) is 9.53 Å². The third kappa shape index (κ3) is 2.32. The van der Waals surface area contributed by atoms with Gasteiger partial charge in [0, 0.05) is 0 Å². The van der Waals surface area contributed by atoms with Gasteiger partial charge in [-0.15, -0.1) is 0 Å². The van der Waals surface area contributed by atoms with Gasteiger partial charge < -0.3 is 15.2 Å². The normalized spacial score (nSPS) is 21.1. The molecule has 0 atom stereocenters.